The highest BCUT2D eigenvalue weighted by atomic mass is 16.4. The summed E-state index contributed by atoms with van der Waals surface area (Å²) in [6.07, 6.45) is 0.272. The van der Waals surface area contributed by atoms with E-state index in [4.69, 9.17) is 16.6 Å². The Morgan fingerprint density at radius 2 is 1.61 bits per heavy atom. The fourth-order valence-corrected chi connectivity index (χ4v) is 1.82. The Labute approximate surface area is 135 Å². The van der Waals surface area contributed by atoms with Gasteiger partial charge in [0.25, 0.3) is 0 Å². The molecule has 7 N–H and O–H groups in total. The molecule has 0 saturated heterocycles. The molecule has 0 aromatic heterocycles. The molecule has 132 valence electrons. The molecule has 0 aromatic rings. The van der Waals surface area contributed by atoms with Gasteiger partial charge in [0, 0.05) is 6.42 Å². The van der Waals surface area contributed by atoms with Crippen LogP contribution in [0.1, 0.15) is 40.0 Å². The Hall–Kier alpha value is -2.16. The zero-order valence-corrected chi connectivity index (χ0v) is 13.7. The van der Waals surface area contributed by atoms with Crippen molar-refractivity contribution in [1.82, 2.24) is 10.6 Å². The van der Waals surface area contributed by atoms with Crippen LogP contribution in [0.4, 0.5) is 0 Å². The third-order valence-electron chi connectivity index (χ3n) is 3.10. The predicted molar refractivity (Wildman–Crippen MR) is 83.0 cm³/mol. The number of rotatable bonds is 10. The quantitative estimate of drug-likeness (QED) is 0.334. The average molecular weight is 330 g/mol. The van der Waals surface area contributed by atoms with Gasteiger partial charge >= 0.3 is 5.97 Å². The van der Waals surface area contributed by atoms with E-state index in [0.717, 1.165) is 0 Å². The Balaban J connectivity index is 4.85. The molecule has 0 bridgehead atoms. The molecular formula is C14H26N4O5. The van der Waals surface area contributed by atoms with Crippen LogP contribution in [-0.2, 0) is 19.2 Å². The van der Waals surface area contributed by atoms with Crippen molar-refractivity contribution in [3.8, 4) is 0 Å². The molecule has 0 radical (unpaired) electrons. The summed E-state index contributed by atoms with van der Waals surface area (Å²) < 4.78 is 0. The number of hydrogen-bond acceptors (Lipinski definition) is 5. The van der Waals surface area contributed by atoms with Crippen molar-refractivity contribution < 1.29 is 24.3 Å². The molecule has 0 aliphatic carbocycles. The minimum atomic E-state index is -1.21. The van der Waals surface area contributed by atoms with E-state index in [1.54, 1.807) is 0 Å². The van der Waals surface area contributed by atoms with Crippen LogP contribution in [0.2, 0.25) is 0 Å². The number of primary amides is 1. The van der Waals surface area contributed by atoms with Gasteiger partial charge in [-0.2, -0.15) is 0 Å². The molecule has 3 amide bonds. The second kappa shape index (κ2) is 9.78. The first kappa shape index (κ1) is 20.8. The molecule has 0 saturated carbocycles. The van der Waals surface area contributed by atoms with Crippen molar-refractivity contribution in [3.63, 3.8) is 0 Å². The van der Waals surface area contributed by atoms with Gasteiger partial charge in [-0.3, -0.25) is 19.2 Å². The van der Waals surface area contributed by atoms with E-state index in [1.807, 2.05) is 13.8 Å². The molecule has 0 aliphatic heterocycles. The van der Waals surface area contributed by atoms with Crippen LogP contribution < -0.4 is 22.1 Å². The number of carboxylic acids is 1. The van der Waals surface area contributed by atoms with Crippen LogP contribution in [0.25, 0.3) is 0 Å². The topological polar surface area (TPSA) is 165 Å². The first-order valence-electron chi connectivity index (χ1n) is 7.42. The fourth-order valence-electron chi connectivity index (χ4n) is 1.82. The summed E-state index contributed by atoms with van der Waals surface area (Å²) in [6.45, 7) is 5.09. The third kappa shape index (κ3) is 8.77. The monoisotopic (exact) mass is 330 g/mol. The maximum Gasteiger partial charge on any atom is 0.325 e. The maximum atomic E-state index is 12.1. The van der Waals surface area contributed by atoms with Crippen molar-refractivity contribution in [2.45, 2.75) is 58.2 Å². The summed E-state index contributed by atoms with van der Waals surface area (Å²) in [5, 5.41) is 13.5. The second-order valence-corrected chi connectivity index (χ2v) is 5.87. The van der Waals surface area contributed by atoms with Gasteiger partial charge in [0.1, 0.15) is 12.1 Å². The molecule has 9 heteroatoms. The number of carbonyl (C=O) groups is 4. The second-order valence-electron chi connectivity index (χ2n) is 5.87. The van der Waals surface area contributed by atoms with Gasteiger partial charge in [-0.1, -0.05) is 13.8 Å². The van der Waals surface area contributed by atoms with E-state index in [1.165, 1.54) is 6.92 Å². The Morgan fingerprint density at radius 1 is 1.04 bits per heavy atom. The maximum absolute atomic E-state index is 12.1. The molecule has 0 fully saturated rings. The highest BCUT2D eigenvalue weighted by molar-refractivity contribution is 5.92. The lowest BCUT2D eigenvalue weighted by atomic mass is 10.0. The largest absolute Gasteiger partial charge is 0.480 e. The summed E-state index contributed by atoms with van der Waals surface area (Å²) in [4.78, 5) is 45.7. The summed E-state index contributed by atoms with van der Waals surface area (Å²) in [7, 11) is 0. The van der Waals surface area contributed by atoms with E-state index in [-0.39, 0.29) is 18.8 Å². The van der Waals surface area contributed by atoms with Crippen LogP contribution in [-0.4, -0.2) is 46.9 Å². The predicted octanol–water partition coefficient (Wildman–Crippen LogP) is -1.30. The van der Waals surface area contributed by atoms with Gasteiger partial charge in [0.2, 0.25) is 17.7 Å². The molecule has 0 unspecified atom stereocenters. The van der Waals surface area contributed by atoms with Crippen molar-refractivity contribution in [1.29, 1.82) is 0 Å². The third-order valence-corrected chi connectivity index (χ3v) is 3.10. The minimum Gasteiger partial charge on any atom is -0.480 e. The van der Waals surface area contributed by atoms with Gasteiger partial charge in [-0.15, -0.1) is 0 Å². The molecule has 23 heavy (non-hydrogen) atoms. The lowest BCUT2D eigenvalue weighted by molar-refractivity contribution is -0.141. The van der Waals surface area contributed by atoms with E-state index in [9.17, 15) is 19.2 Å². The number of aliphatic carboxylic acids is 1. The van der Waals surface area contributed by atoms with E-state index < -0.39 is 41.8 Å². The number of nitrogens with one attached hydrogen (secondary N) is 2. The molecular weight excluding hydrogens is 304 g/mol. The number of nitrogens with two attached hydrogens (primary N) is 2. The molecule has 3 atom stereocenters. The van der Waals surface area contributed by atoms with Crippen molar-refractivity contribution in [3.05, 3.63) is 0 Å². The number of hydrogen-bond donors (Lipinski definition) is 5. The summed E-state index contributed by atoms with van der Waals surface area (Å²) in [6, 6.07) is -2.99. The molecule has 0 aliphatic rings. The van der Waals surface area contributed by atoms with Crippen LogP contribution >= 0.6 is 0 Å². The van der Waals surface area contributed by atoms with Gasteiger partial charge in [0.15, 0.2) is 0 Å². The molecule has 0 aromatic carbocycles. The molecule has 0 rings (SSSR count). The molecule has 0 spiro atoms. The van der Waals surface area contributed by atoms with Crippen molar-refractivity contribution in [2.75, 3.05) is 0 Å². The first-order chi connectivity index (χ1) is 10.5. The highest BCUT2D eigenvalue weighted by Gasteiger charge is 2.26. The van der Waals surface area contributed by atoms with Crippen LogP contribution in [0.15, 0.2) is 0 Å². The zero-order chi connectivity index (χ0) is 18.2. The van der Waals surface area contributed by atoms with Crippen LogP contribution in [0, 0.1) is 5.92 Å². The number of carboxylic acid groups (broad SMARTS) is 1. The fraction of sp³-hybridized carbons (Fsp3) is 0.714. The van der Waals surface area contributed by atoms with E-state index >= 15 is 0 Å². The molecule has 0 heterocycles. The number of carbonyl (C=O) groups excluding carboxylic acids is 3. The SMILES string of the molecule is CC(C)C[C@H](N)C(=O)N[C@@H](CCC(N)=O)C(=O)N[C@@H](C)C(=O)O. The Kier molecular flexibility index (Phi) is 8.86. The van der Waals surface area contributed by atoms with Gasteiger partial charge in [0.05, 0.1) is 6.04 Å². The van der Waals surface area contributed by atoms with Crippen LogP contribution in [0.5, 0.6) is 0 Å². The normalized spacial score (nSPS) is 14.7. The van der Waals surface area contributed by atoms with Crippen LogP contribution in [0.3, 0.4) is 0 Å². The van der Waals surface area contributed by atoms with Crippen molar-refractivity contribution >= 4 is 23.7 Å². The zero-order valence-electron chi connectivity index (χ0n) is 13.7. The lowest BCUT2D eigenvalue weighted by Crippen LogP contribution is -2.54. The summed E-state index contributed by atoms with van der Waals surface area (Å²) in [5.74, 6) is -2.89. The standard InChI is InChI=1S/C14H26N4O5/c1-7(2)6-9(15)12(20)18-10(4-5-11(16)19)13(21)17-8(3)14(22)23/h7-10H,4-6,15H2,1-3H3,(H2,16,19)(H,17,21)(H,18,20)(H,22,23)/t8-,9-,10-/m0/s1. The smallest absolute Gasteiger partial charge is 0.325 e. The van der Waals surface area contributed by atoms with Gasteiger partial charge in [-0.05, 0) is 25.7 Å². The first-order valence-corrected chi connectivity index (χ1v) is 7.42. The summed E-state index contributed by atoms with van der Waals surface area (Å²) >= 11 is 0. The minimum absolute atomic E-state index is 0.0341. The summed E-state index contributed by atoms with van der Waals surface area (Å²) in [5.41, 5.74) is 10.8. The van der Waals surface area contributed by atoms with E-state index in [0.29, 0.717) is 6.42 Å². The van der Waals surface area contributed by atoms with Crippen molar-refractivity contribution in [2.24, 2.45) is 17.4 Å². The lowest BCUT2D eigenvalue weighted by Gasteiger charge is -2.22. The Morgan fingerprint density at radius 3 is 2.04 bits per heavy atom. The van der Waals surface area contributed by atoms with Gasteiger partial charge < -0.3 is 27.2 Å². The van der Waals surface area contributed by atoms with Gasteiger partial charge in [-0.25, -0.2) is 0 Å². The highest BCUT2D eigenvalue weighted by Crippen LogP contribution is 2.05. The average Bonchev–Trinajstić information content (AvgIpc) is 2.41. The van der Waals surface area contributed by atoms with E-state index in [2.05, 4.69) is 10.6 Å². The number of amides is 3. The molecule has 9 nitrogen and oxygen atoms in total. The Bertz CT molecular complexity index is 452.